The Morgan fingerprint density at radius 2 is 1.94 bits per heavy atom. The molecule has 3 heterocycles. The molecule has 0 aliphatic carbocycles. The topological polar surface area (TPSA) is 103 Å². The van der Waals surface area contributed by atoms with E-state index in [9.17, 15) is 9.59 Å². The van der Waals surface area contributed by atoms with Gasteiger partial charge in [0.2, 0.25) is 5.91 Å². The Kier molecular flexibility index (Phi) is 9.82. The number of carbonyl (C=O) groups excluding carboxylic acids is 2. The van der Waals surface area contributed by atoms with Gasteiger partial charge in [0.15, 0.2) is 0 Å². The molecule has 0 aromatic carbocycles. The molecule has 3 rings (SSSR count). The number of methoxy groups -OCH3 is 1. The number of anilines is 1. The van der Waals surface area contributed by atoms with Crippen molar-refractivity contribution in [1.82, 2.24) is 14.9 Å². The van der Waals surface area contributed by atoms with E-state index >= 15 is 0 Å². The number of rotatable bonds is 11. The van der Waals surface area contributed by atoms with Crippen LogP contribution in [0.3, 0.4) is 0 Å². The van der Waals surface area contributed by atoms with Gasteiger partial charge in [-0.2, -0.15) is 0 Å². The maximum atomic E-state index is 12.4. The van der Waals surface area contributed by atoms with E-state index in [4.69, 9.17) is 25.8 Å². The third-order valence-electron chi connectivity index (χ3n) is 4.97. The number of hydrogen-bond donors (Lipinski definition) is 1. The number of nitrogens with zero attached hydrogens (tertiary/aromatic N) is 3. The van der Waals surface area contributed by atoms with Crippen LogP contribution < -0.4 is 5.32 Å². The number of hydrogen-bond acceptors (Lipinski definition) is 8. The minimum atomic E-state index is -0.285. The highest BCUT2D eigenvalue weighted by Gasteiger charge is 2.26. The van der Waals surface area contributed by atoms with Crippen molar-refractivity contribution < 1.29 is 23.8 Å². The normalized spacial score (nSPS) is 14.5. The van der Waals surface area contributed by atoms with Gasteiger partial charge in [0.05, 0.1) is 43.3 Å². The Morgan fingerprint density at radius 1 is 1.19 bits per heavy atom. The molecule has 0 radical (unpaired) electrons. The van der Waals surface area contributed by atoms with Crippen LogP contribution in [0.25, 0.3) is 0 Å². The maximum absolute atomic E-state index is 12.4. The number of amides is 2. The molecule has 1 N–H and O–H groups in total. The fourth-order valence-corrected chi connectivity index (χ4v) is 4.30. The molecule has 1 fully saturated rings. The lowest BCUT2D eigenvalue weighted by Gasteiger charge is -2.31. The molecular formula is C21H27ClN4O5S. The predicted octanol–water partition coefficient (Wildman–Crippen LogP) is 2.83. The third-order valence-corrected chi connectivity index (χ3v) is 6.20. The Hall–Kier alpha value is -2.11. The number of piperidine rings is 1. The Morgan fingerprint density at radius 3 is 2.66 bits per heavy atom. The Labute approximate surface area is 196 Å². The number of pyridine rings is 1. The second kappa shape index (κ2) is 12.8. The third kappa shape index (κ3) is 7.49. The summed E-state index contributed by atoms with van der Waals surface area (Å²) >= 11 is 7.23. The molecule has 0 bridgehead atoms. The number of thiazole rings is 1. The molecule has 1 aliphatic heterocycles. The zero-order valence-corrected chi connectivity index (χ0v) is 19.5. The molecule has 2 amide bonds. The van der Waals surface area contributed by atoms with E-state index in [1.807, 2.05) is 4.90 Å². The summed E-state index contributed by atoms with van der Waals surface area (Å²) in [5.74, 6) is -0.0680. The van der Waals surface area contributed by atoms with Crippen LogP contribution in [-0.2, 0) is 19.0 Å². The van der Waals surface area contributed by atoms with Gasteiger partial charge in [-0.25, -0.2) is 9.97 Å². The molecule has 0 spiro atoms. The molecular weight excluding hydrogens is 456 g/mol. The van der Waals surface area contributed by atoms with Crippen LogP contribution in [0.5, 0.6) is 0 Å². The van der Waals surface area contributed by atoms with E-state index in [-0.39, 0.29) is 24.3 Å². The smallest absolute Gasteiger partial charge is 0.275 e. The fraction of sp³-hybridized carbons (Fsp3) is 0.524. The van der Waals surface area contributed by atoms with Crippen molar-refractivity contribution >= 4 is 40.4 Å². The van der Waals surface area contributed by atoms with Crippen LogP contribution >= 0.6 is 22.9 Å². The lowest BCUT2D eigenvalue weighted by Crippen LogP contribution is -2.40. The first-order valence-electron chi connectivity index (χ1n) is 10.4. The summed E-state index contributed by atoms with van der Waals surface area (Å²) in [7, 11) is 1.62. The van der Waals surface area contributed by atoms with Crippen molar-refractivity contribution in [2.45, 2.75) is 18.8 Å². The maximum Gasteiger partial charge on any atom is 0.275 e. The van der Waals surface area contributed by atoms with Gasteiger partial charge in [0.1, 0.15) is 17.5 Å². The first kappa shape index (κ1) is 24.5. The highest BCUT2D eigenvalue weighted by atomic mass is 35.5. The van der Waals surface area contributed by atoms with Gasteiger partial charge >= 0.3 is 0 Å². The quantitative estimate of drug-likeness (QED) is 0.388. The predicted molar refractivity (Wildman–Crippen MR) is 121 cm³/mol. The van der Waals surface area contributed by atoms with Crippen molar-refractivity contribution in [2.75, 3.05) is 58.6 Å². The molecule has 11 heteroatoms. The number of ether oxygens (including phenoxy) is 3. The second-order valence-electron chi connectivity index (χ2n) is 7.21. The summed E-state index contributed by atoms with van der Waals surface area (Å²) in [5.41, 5.74) is 0.934. The molecule has 2 aromatic rings. The largest absolute Gasteiger partial charge is 0.382 e. The average molecular weight is 483 g/mol. The SMILES string of the molecule is COCCOCCOCC(=O)N1CCC(c2nc(C(=O)Nc3ccc(Cl)nc3)cs2)CC1. The highest BCUT2D eigenvalue weighted by Crippen LogP contribution is 2.30. The van der Waals surface area contributed by atoms with Gasteiger partial charge in [-0.15, -0.1) is 11.3 Å². The van der Waals surface area contributed by atoms with E-state index in [0.717, 1.165) is 17.8 Å². The van der Waals surface area contributed by atoms with Crippen molar-refractivity contribution in [1.29, 1.82) is 0 Å². The molecule has 2 aromatic heterocycles. The summed E-state index contributed by atoms with van der Waals surface area (Å²) in [6.07, 6.45) is 3.11. The van der Waals surface area contributed by atoms with E-state index < -0.39 is 0 Å². The van der Waals surface area contributed by atoms with Crippen molar-refractivity contribution in [3.8, 4) is 0 Å². The molecule has 1 saturated heterocycles. The summed E-state index contributed by atoms with van der Waals surface area (Å²) in [5, 5.41) is 5.80. The van der Waals surface area contributed by atoms with E-state index in [2.05, 4.69) is 15.3 Å². The molecule has 174 valence electrons. The zero-order valence-electron chi connectivity index (χ0n) is 17.9. The second-order valence-corrected chi connectivity index (χ2v) is 8.48. The van der Waals surface area contributed by atoms with Gasteiger partial charge in [0.25, 0.3) is 5.91 Å². The standard InChI is InChI=1S/C21H27ClN4O5S/c1-29-8-9-30-10-11-31-13-19(27)26-6-4-15(5-7-26)21-25-17(14-32-21)20(28)24-16-2-3-18(22)23-12-16/h2-3,12,14-15H,4-11,13H2,1H3,(H,24,28). The highest BCUT2D eigenvalue weighted by molar-refractivity contribution is 7.10. The van der Waals surface area contributed by atoms with Crippen LogP contribution in [-0.4, -0.2) is 79.9 Å². The van der Waals surface area contributed by atoms with Crippen molar-refractivity contribution in [2.24, 2.45) is 0 Å². The first-order valence-corrected chi connectivity index (χ1v) is 11.6. The Bertz CT molecular complexity index is 871. The number of aromatic nitrogens is 2. The van der Waals surface area contributed by atoms with Crippen LogP contribution in [0.15, 0.2) is 23.7 Å². The lowest BCUT2D eigenvalue weighted by molar-refractivity contribution is -0.137. The van der Waals surface area contributed by atoms with E-state index in [1.54, 1.807) is 24.6 Å². The number of halogens is 1. The zero-order chi connectivity index (χ0) is 22.8. The summed E-state index contributed by atoms with van der Waals surface area (Å²) in [6.45, 7) is 3.22. The lowest BCUT2D eigenvalue weighted by atomic mass is 9.97. The van der Waals surface area contributed by atoms with Gasteiger partial charge in [0, 0.05) is 31.5 Å². The number of nitrogens with one attached hydrogen (secondary N) is 1. The van der Waals surface area contributed by atoms with Crippen molar-refractivity contribution in [3.63, 3.8) is 0 Å². The van der Waals surface area contributed by atoms with Gasteiger partial charge in [-0.3, -0.25) is 9.59 Å². The number of likely N-dealkylation sites (tertiary alicyclic amines) is 1. The molecule has 0 saturated carbocycles. The van der Waals surface area contributed by atoms with Gasteiger partial charge in [-0.05, 0) is 25.0 Å². The molecule has 0 unspecified atom stereocenters. The van der Waals surface area contributed by atoms with Gasteiger partial charge < -0.3 is 24.4 Å². The van der Waals surface area contributed by atoms with Crippen molar-refractivity contribution in [3.05, 3.63) is 39.6 Å². The molecule has 1 aliphatic rings. The van der Waals surface area contributed by atoms with Crippen LogP contribution in [0.4, 0.5) is 5.69 Å². The minimum absolute atomic E-state index is 0.0175. The van der Waals surface area contributed by atoms with Crippen LogP contribution in [0.1, 0.15) is 34.3 Å². The first-order chi connectivity index (χ1) is 15.6. The Balaban J connectivity index is 1.38. The summed E-state index contributed by atoms with van der Waals surface area (Å²) < 4.78 is 15.6. The van der Waals surface area contributed by atoms with E-state index in [1.165, 1.54) is 17.5 Å². The van der Waals surface area contributed by atoms with Gasteiger partial charge in [-0.1, -0.05) is 11.6 Å². The minimum Gasteiger partial charge on any atom is -0.382 e. The van der Waals surface area contributed by atoms with E-state index in [0.29, 0.717) is 56.1 Å². The monoisotopic (exact) mass is 482 g/mol. The fourth-order valence-electron chi connectivity index (χ4n) is 3.21. The summed E-state index contributed by atoms with van der Waals surface area (Å²) in [6, 6.07) is 3.30. The summed E-state index contributed by atoms with van der Waals surface area (Å²) in [4.78, 5) is 35.0. The van der Waals surface area contributed by atoms with Crippen LogP contribution in [0, 0.1) is 0 Å². The molecule has 0 atom stereocenters. The molecule has 32 heavy (non-hydrogen) atoms. The number of carbonyl (C=O) groups is 2. The van der Waals surface area contributed by atoms with Crippen LogP contribution in [0.2, 0.25) is 5.15 Å². The average Bonchev–Trinajstić information content (AvgIpc) is 3.30. The molecule has 9 nitrogen and oxygen atoms in total.